The number of rotatable bonds is 0. The van der Waals surface area contributed by atoms with Gasteiger partial charge in [-0.15, -0.1) is 0 Å². The molecule has 0 aromatic carbocycles. The monoisotopic (exact) mass is 210 g/mol. The van der Waals surface area contributed by atoms with Gasteiger partial charge in [0, 0.05) is 5.41 Å². The van der Waals surface area contributed by atoms with Crippen LogP contribution in [0.3, 0.4) is 0 Å². The molecule has 2 rings (SSSR count). The van der Waals surface area contributed by atoms with Crippen molar-refractivity contribution in [2.24, 2.45) is 0 Å². The number of nitrogens with one attached hydrogen (secondary N) is 1. The Labute approximate surface area is 86.7 Å². The summed E-state index contributed by atoms with van der Waals surface area (Å²) in [6.07, 6.45) is 1.45. The van der Waals surface area contributed by atoms with Gasteiger partial charge in [-0.1, -0.05) is 32.4 Å². The normalized spacial score (nSPS) is 12.3. The van der Waals surface area contributed by atoms with Gasteiger partial charge in [-0.2, -0.15) is 5.10 Å². The molecule has 2 heterocycles. The average Bonchev–Trinajstić information content (AvgIpc) is 2.47. The summed E-state index contributed by atoms with van der Waals surface area (Å²) in [5, 5.41) is 7.45. The Morgan fingerprint density at radius 3 is 2.57 bits per heavy atom. The highest BCUT2D eigenvalue weighted by Gasteiger charge is 2.21. The maximum Gasteiger partial charge on any atom is 0.160 e. The highest BCUT2D eigenvalue weighted by Crippen LogP contribution is 2.28. The molecule has 0 saturated heterocycles. The number of nitrogens with zero attached hydrogens (tertiary/aromatic N) is 3. The van der Waals surface area contributed by atoms with Gasteiger partial charge in [-0.05, 0) is 0 Å². The Morgan fingerprint density at radius 2 is 1.93 bits per heavy atom. The van der Waals surface area contributed by atoms with E-state index in [9.17, 15) is 0 Å². The van der Waals surface area contributed by atoms with Crippen molar-refractivity contribution < 1.29 is 0 Å². The molecule has 2 aromatic rings. The predicted molar refractivity (Wildman–Crippen MR) is 55.4 cm³/mol. The number of H-pyrrole nitrogens is 1. The molecule has 0 aliphatic heterocycles. The number of aromatic nitrogens is 4. The Balaban J connectivity index is 2.76. The third-order valence-corrected chi connectivity index (χ3v) is 2.32. The fraction of sp³-hybridized carbons (Fsp3) is 0.444. The molecule has 0 saturated carbocycles. The molecular formula is C9H11ClN4. The second-order valence-electron chi connectivity index (χ2n) is 4.21. The minimum Gasteiger partial charge on any atom is -0.279 e. The summed E-state index contributed by atoms with van der Waals surface area (Å²) < 4.78 is 0. The standard InChI is InChI=1S/C9H11ClN4/c1-9(2,3)7-5-6(13-14-7)8(10)12-4-11-5/h4H,1-3H3,(H,13,14). The van der Waals surface area contributed by atoms with Crippen LogP contribution in [0.2, 0.25) is 5.15 Å². The lowest BCUT2D eigenvalue weighted by Crippen LogP contribution is -2.12. The van der Waals surface area contributed by atoms with E-state index >= 15 is 0 Å². The molecule has 5 heteroatoms. The molecule has 4 nitrogen and oxygen atoms in total. The Bertz CT molecular complexity index is 469. The van der Waals surface area contributed by atoms with Crippen LogP contribution in [0.15, 0.2) is 6.33 Å². The van der Waals surface area contributed by atoms with E-state index in [1.165, 1.54) is 6.33 Å². The summed E-state index contributed by atoms with van der Waals surface area (Å²) in [5.74, 6) is 0. The Hall–Kier alpha value is -1.16. The third kappa shape index (κ3) is 1.35. The number of hydrogen-bond donors (Lipinski definition) is 1. The summed E-state index contributed by atoms with van der Waals surface area (Å²) in [6.45, 7) is 6.28. The van der Waals surface area contributed by atoms with Crippen LogP contribution >= 0.6 is 11.6 Å². The van der Waals surface area contributed by atoms with Crippen LogP contribution in [-0.4, -0.2) is 20.2 Å². The molecule has 0 fully saturated rings. The molecule has 2 aromatic heterocycles. The van der Waals surface area contributed by atoms with Crippen molar-refractivity contribution in [3.8, 4) is 0 Å². The second kappa shape index (κ2) is 2.92. The van der Waals surface area contributed by atoms with Crippen LogP contribution in [0.5, 0.6) is 0 Å². The number of hydrogen-bond acceptors (Lipinski definition) is 3. The molecule has 0 radical (unpaired) electrons. The highest BCUT2D eigenvalue weighted by atomic mass is 35.5. The van der Waals surface area contributed by atoms with Gasteiger partial charge in [0.05, 0.1) is 5.69 Å². The van der Waals surface area contributed by atoms with Gasteiger partial charge in [-0.25, -0.2) is 9.97 Å². The van der Waals surface area contributed by atoms with Crippen LogP contribution in [0.4, 0.5) is 0 Å². The summed E-state index contributed by atoms with van der Waals surface area (Å²) in [6, 6.07) is 0. The van der Waals surface area contributed by atoms with Gasteiger partial charge in [0.15, 0.2) is 5.15 Å². The topological polar surface area (TPSA) is 54.5 Å². The first-order valence-electron chi connectivity index (χ1n) is 4.35. The van der Waals surface area contributed by atoms with Crippen molar-refractivity contribution in [3.63, 3.8) is 0 Å². The molecule has 0 aliphatic rings. The fourth-order valence-corrected chi connectivity index (χ4v) is 1.50. The highest BCUT2D eigenvalue weighted by molar-refractivity contribution is 6.33. The summed E-state index contributed by atoms with van der Waals surface area (Å²) in [5.41, 5.74) is 2.40. The van der Waals surface area contributed by atoms with Gasteiger partial charge in [0.1, 0.15) is 17.4 Å². The number of halogens is 1. The molecular weight excluding hydrogens is 200 g/mol. The number of fused-ring (bicyclic) bond motifs is 1. The zero-order valence-corrected chi connectivity index (χ0v) is 9.05. The van der Waals surface area contributed by atoms with E-state index in [1.807, 2.05) is 0 Å². The molecule has 0 aliphatic carbocycles. The van der Waals surface area contributed by atoms with Crippen LogP contribution in [0.1, 0.15) is 26.5 Å². The largest absolute Gasteiger partial charge is 0.279 e. The van der Waals surface area contributed by atoms with E-state index in [0.717, 1.165) is 11.2 Å². The first-order valence-corrected chi connectivity index (χ1v) is 4.73. The van der Waals surface area contributed by atoms with Crippen molar-refractivity contribution >= 4 is 22.6 Å². The van der Waals surface area contributed by atoms with Gasteiger partial charge in [0.2, 0.25) is 0 Å². The minimum absolute atomic E-state index is 0.0214. The SMILES string of the molecule is CC(C)(C)c1[nH]nc2c(Cl)ncnc12. The zero-order valence-electron chi connectivity index (χ0n) is 8.30. The van der Waals surface area contributed by atoms with Crippen LogP contribution in [-0.2, 0) is 5.41 Å². The Morgan fingerprint density at radius 1 is 1.21 bits per heavy atom. The van der Waals surface area contributed by atoms with Gasteiger partial charge < -0.3 is 0 Å². The van der Waals surface area contributed by atoms with Crippen molar-refractivity contribution in [1.82, 2.24) is 20.2 Å². The molecule has 0 atom stereocenters. The lowest BCUT2D eigenvalue weighted by Gasteiger charge is -2.15. The predicted octanol–water partition coefficient (Wildman–Crippen LogP) is 2.30. The van der Waals surface area contributed by atoms with E-state index in [-0.39, 0.29) is 5.41 Å². The van der Waals surface area contributed by atoms with Crippen LogP contribution < -0.4 is 0 Å². The van der Waals surface area contributed by atoms with E-state index in [1.54, 1.807) is 0 Å². The van der Waals surface area contributed by atoms with Crippen molar-refractivity contribution in [2.75, 3.05) is 0 Å². The van der Waals surface area contributed by atoms with Crippen molar-refractivity contribution in [2.45, 2.75) is 26.2 Å². The zero-order chi connectivity index (χ0) is 10.3. The molecule has 1 N–H and O–H groups in total. The van der Waals surface area contributed by atoms with Crippen molar-refractivity contribution in [1.29, 1.82) is 0 Å². The molecule has 0 amide bonds. The molecule has 0 spiro atoms. The first kappa shape index (κ1) is 9.40. The van der Waals surface area contributed by atoms with Crippen LogP contribution in [0, 0.1) is 0 Å². The molecule has 74 valence electrons. The maximum absolute atomic E-state index is 5.89. The van der Waals surface area contributed by atoms with E-state index < -0.39 is 0 Å². The maximum atomic E-state index is 5.89. The summed E-state index contributed by atoms with van der Waals surface area (Å²) in [4.78, 5) is 8.05. The summed E-state index contributed by atoms with van der Waals surface area (Å²) >= 11 is 5.89. The fourth-order valence-electron chi connectivity index (χ4n) is 1.33. The lowest BCUT2D eigenvalue weighted by molar-refractivity contribution is 0.570. The second-order valence-corrected chi connectivity index (χ2v) is 4.57. The molecule has 0 bridgehead atoms. The first-order chi connectivity index (χ1) is 6.50. The van der Waals surface area contributed by atoms with Gasteiger partial charge >= 0.3 is 0 Å². The quantitative estimate of drug-likeness (QED) is 0.679. The Kier molecular flexibility index (Phi) is 1.96. The minimum atomic E-state index is -0.0214. The van der Waals surface area contributed by atoms with Gasteiger partial charge in [-0.3, -0.25) is 5.10 Å². The van der Waals surface area contributed by atoms with Crippen molar-refractivity contribution in [3.05, 3.63) is 17.2 Å². The summed E-state index contributed by atoms with van der Waals surface area (Å²) in [7, 11) is 0. The third-order valence-electron chi connectivity index (χ3n) is 2.04. The lowest BCUT2D eigenvalue weighted by atomic mass is 9.91. The molecule has 0 unspecified atom stereocenters. The smallest absolute Gasteiger partial charge is 0.160 e. The number of aromatic amines is 1. The van der Waals surface area contributed by atoms with Crippen LogP contribution in [0.25, 0.3) is 11.0 Å². The average molecular weight is 211 g/mol. The molecule has 14 heavy (non-hydrogen) atoms. The van der Waals surface area contributed by atoms with E-state index in [4.69, 9.17) is 11.6 Å². The van der Waals surface area contributed by atoms with Gasteiger partial charge in [0.25, 0.3) is 0 Å². The van der Waals surface area contributed by atoms with E-state index in [0.29, 0.717) is 10.7 Å². The van der Waals surface area contributed by atoms with E-state index in [2.05, 4.69) is 40.9 Å².